The van der Waals surface area contributed by atoms with Gasteiger partial charge in [0.2, 0.25) is 0 Å². The molecule has 2 aromatic rings. The van der Waals surface area contributed by atoms with E-state index in [1.807, 2.05) is 68.4 Å². The summed E-state index contributed by atoms with van der Waals surface area (Å²) >= 11 is 0. The van der Waals surface area contributed by atoms with Crippen LogP contribution in [0.2, 0.25) is 0 Å². The molecule has 0 aliphatic carbocycles. The van der Waals surface area contributed by atoms with E-state index < -0.39 is 5.97 Å². The molecule has 2 aromatic carbocycles. The fourth-order valence-electron chi connectivity index (χ4n) is 2.57. The first-order valence-corrected chi connectivity index (χ1v) is 8.30. The number of ether oxygens (including phenoxy) is 1. The summed E-state index contributed by atoms with van der Waals surface area (Å²) in [5.74, 6) is 0.851. The highest BCUT2D eigenvalue weighted by Crippen LogP contribution is 2.21. The van der Waals surface area contributed by atoms with Crippen molar-refractivity contribution in [2.24, 2.45) is 11.8 Å². The van der Waals surface area contributed by atoms with Crippen LogP contribution in [-0.2, 0) is 11.3 Å². The van der Waals surface area contributed by atoms with E-state index in [1.54, 1.807) is 0 Å². The van der Waals surface area contributed by atoms with E-state index in [0.29, 0.717) is 25.4 Å². The van der Waals surface area contributed by atoms with E-state index in [9.17, 15) is 9.90 Å². The van der Waals surface area contributed by atoms with Crippen LogP contribution in [-0.4, -0.2) is 17.6 Å². The van der Waals surface area contributed by atoms with Crippen LogP contribution in [0.3, 0.4) is 0 Å². The van der Waals surface area contributed by atoms with Crippen molar-refractivity contribution in [1.29, 1.82) is 0 Å². The average Bonchev–Trinajstić information content (AvgIpc) is 2.55. The van der Waals surface area contributed by atoms with Crippen LogP contribution in [0.5, 0.6) is 11.5 Å². The second-order valence-electron chi connectivity index (χ2n) is 6.36. The van der Waals surface area contributed by atoms with Crippen molar-refractivity contribution in [3.63, 3.8) is 0 Å². The van der Waals surface area contributed by atoms with Crippen LogP contribution < -0.4 is 10.1 Å². The number of hydrogen-bond acceptors (Lipinski definition) is 3. The van der Waals surface area contributed by atoms with E-state index in [1.165, 1.54) is 0 Å². The maximum atomic E-state index is 11.3. The highest BCUT2D eigenvalue weighted by molar-refractivity contribution is 5.70. The third-order valence-electron chi connectivity index (χ3n) is 3.70. The highest BCUT2D eigenvalue weighted by Gasteiger charge is 2.18. The van der Waals surface area contributed by atoms with Gasteiger partial charge in [0, 0.05) is 13.1 Å². The molecular weight excluding hydrogens is 302 g/mol. The topological polar surface area (TPSA) is 58.6 Å². The quantitative estimate of drug-likeness (QED) is 0.720. The Morgan fingerprint density at radius 1 is 1.08 bits per heavy atom. The zero-order valence-electron chi connectivity index (χ0n) is 14.2. The molecule has 0 aliphatic heterocycles. The molecule has 0 aromatic heterocycles. The largest absolute Gasteiger partial charge is 0.481 e. The van der Waals surface area contributed by atoms with Crippen molar-refractivity contribution in [2.75, 3.05) is 6.54 Å². The second kappa shape index (κ2) is 9.08. The van der Waals surface area contributed by atoms with Crippen molar-refractivity contribution in [1.82, 2.24) is 5.32 Å². The van der Waals surface area contributed by atoms with Gasteiger partial charge in [-0.25, -0.2) is 0 Å². The predicted molar refractivity (Wildman–Crippen MR) is 95.2 cm³/mol. The minimum Gasteiger partial charge on any atom is -0.481 e. The van der Waals surface area contributed by atoms with Gasteiger partial charge in [-0.1, -0.05) is 44.2 Å². The van der Waals surface area contributed by atoms with E-state index in [0.717, 1.165) is 17.1 Å². The number of aliphatic carboxylic acids is 1. The van der Waals surface area contributed by atoms with Crippen LogP contribution in [0, 0.1) is 11.8 Å². The Morgan fingerprint density at radius 2 is 1.79 bits per heavy atom. The second-order valence-corrected chi connectivity index (χ2v) is 6.36. The number of hydrogen-bond donors (Lipinski definition) is 2. The number of carbonyl (C=O) groups is 1. The molecule has 24 heavy (non-hydrogen) atoms. The molecule has 0 amide bonds. The number of rotatable bonds is 9. The van der Waals surface area contributed by atoms with Crippen molar-refractivity contribution >= 4 is 5.97 Å². The van der Waals surface area contributed by atoms with Crippen LogP contribution in [0.25, 0.3) is 0 Å². The molecule has 0 heterocycles. The van der Waals surface area contributed by atoms with Crippen LogP contribution in [0.1, 0.15) is 25.8 Å². The number of nitrogens with one attached hydrogen (secondary N) is 1. The van der Waals surface area contributed by atoms with Crippen molar-refractivity contribution in [3.8, 4) is 11.5 Å². The first-order valence-electron chi connectivity index (χ1n) is 8.30. The summed E-state index contributed by atoms with van der Waals surface area (Å²) in [7, 11) is 0. The summed E-state index contributed by atoms with van der Waals surface area (Å²) in [6, 6.07) is 17.5. The van der Waals surface area contributed by atoms with Crippen molar-refractivity contribution in [2.45, 2.75) is 26.8 Å². The van der Waals surface area contributed by atoms with Gasteiger partial charge in [0.05, 0.1) is 5.92 Å². The van der Waals surface area contributed by atoms with E-state index in [2.05, 4.69) is 5.32 Å². The van der Waals surface area contributed by atoms with E-state index in [4.69, 9.17) is 4.74 Å². The minimum absolute atomic E-state index is 0.353. The lowest BCUT2D eigenvalue weighted by Crippen LogP contribution is -2.29. The molecule has 2 N–H and O–H groups in total. The summed E-state index contributed by atoms with van der Waals surface area (Å²) in [5.41, 5.74) is 1.07. The SMILES string of the molecule is CC(C)CC(CNCc1cccc(Oc2ccccc2)c1)C(=O)O. The Kier molecular flexibility index (Phi) is 6.82. The van der Waals surface area contributed by atoms with Gasteiger partial charge in [0.1, 0.15) is 11.5 Å². The van der Waals surface area contributed by atoms with Gasteiger partial charge >= 0.3 is 5.97 Å². The summed E-state index contributed by atoms with van der Waals surface area (Å²) < 4.78 is 5.82. The fraction of sp³-hybridized carbons (Fsp3) is 0.350. The Labute approximate surface area is 143 Å². The Hall–Kier alpha value is -2.33. The lowest BCUT2D eigenvalue weighted by molar-refractivity contribution is -0.142. The lowest BCUT2D eigenvalue weighted by atomic mass is 9.97. The van der Waals surface area contributed by atoms with Crippen LogP contribution in [0.4, 0.5) is 0 Å². The Bertz CT molecular complexity index is 640. The van der Waals surface area contributed by atoms with Crippen molar-refractivity contribution < 1.29 is 14.6 Å². The zero-order valence-corrected chi connectivity index (χ0v) is 14.2. The minimum atomic E-state index is -0.739. The number of carboxylic acid groups (broad SMARTS) is 1. The molecule has 0 saturated carbocycles. The van der Waals surface area contributed by atoms with Gasteiger partial charge in [-0.05, 0) is 42.2 Å². The first kappa shape index (κ1) is 18.0. The van der Waals surface area contributed by atoms with Gasteiger partial charge in [0.15, 0.2) is 0 Å². The van der Waals surface area contributed by atoms with Gasteiger partial charge < -0.3 is 15.2 Å². The molecule has 1 atom stereocenters. The molecule has 4 nitrogen and oxygen atoms in total. The van der Waals surface area contributed by atoms with E-state index in [-0.39, 0.29) is 5.92 Å². The van der Waals surface area contributed by atoms with Gasteiger partial charge in [-0.3, -0.25) is 4.79 Å². The van der Waals surface area contributed by atoms with Gasteiger partial charge in [-0.15, -0.1) is 0 Å². The van der Waals surface area contributed by atoms with Crippen LogP contribution >= 0.6 is 0 Å². The molecular formula is C20H25NO3. The zero-order chi connectivity index (χ0) is 17.4. The summed E-state index contributed by atoms with van der Waals surface area (Å²) in [5, 5.41) is 12.5. The number of benzene rings is 2. The molecule has 0 spiro atoms. The number of carboxylic acids is 1. The third kappa shape index (κ3) is 6.05. The fourth-order valence-corrected chi connectivity index (χ4v) is 2.57. The molecule has 128 valence electrons. The Morgan fingerprint density at radius 3 is 2.46 bits per heavy atom. The molecule has 0 saturated heterocycles. The molecule has 0 aliphatic rings. The van der Waals surface area contributed by atoms with Gasteiger partial charge in [-0.2, -0.15) is 0 Å². The van der Waals surface area contributed by atoms with E-state index >= 15 is 0 Å². The summed E-state index contributed by atoms with van der Waals surface area (Å²) in [6.07, 6.45) is 0.680. The predicted octanol–water partition coefficient (Wildman–Crippen LogP) is 4.32. The third-order valence-corrected chi connectivity index (χ3v) is 3.70. The monoisotopic (exact) mass is 327 g/mol. The maximum absolute atomic E-state index is 11.3. The number of para-hydroxylation sites is 1. The molecule has 0 bridgehead atoms. The van der Waals surface area contributed by atoms with Crippen molar-refractivity contribution in [3.05, 3.63) is 60.2 Å². The smallest absolute Gasteiger partial charge is 0.307 e. The molecule has 4 heteroatoms. The summed E-state index contributed by atoms with van der Waals surface area (Å²) in [6.45, 7) is 5.17. The first-order chi connectivity index (χ1) is 11.5. The Balaban J connectivity index is 1.89. The molecule has 2 rings (SSSR count). The molecule has 0 fully saturated rings. The maximum Gasteiger partial charge on any atom is 0.307 e. The van der Waals surface area contributed by atoms with Gasteiger partial charge in [0.25, 0.3) is 0 Å². The molecule has 0 radical (unpaired) electrons. The highest BCUT2D eigenvalue weighted by atomic mass is 16.5. The van der Waals surface area contributed by atoms with Crippen LogP contribution in [0.15, 0.2) is 54.6 Å². The molecule has 1 unspecified atom stereocenters. The normalized spacial score (nSPS) is 12.1. The summed E-state index contributed by atoms with van der Waals surface area (Å²) in [4.78, 5) is 11.3. The average molecular weight is 327 g/mol. The standard InChI is InChI=1S/C20H25NO3/c1-15(2)11-17(20(22)23)14-21-13-16-7-6-10-19(12-16)24-18-8-4-3-5-9-18/h3-10,12,15,17,21H,11,13-14H2,1-2H3,(H,22,23). The lowest BCUT2D eigenvalue weighted by Gasteiger charge is -2.15.